The number of hydrogen-bond donors (Lipinski definition) is 2. The molecule has 6 nitrogen and oxygen atoms in total. The van der Waals surface area contributed by atoms with Crippen molar-refractivity contribution in [3.05, 3.63) is 53.2 Å². The van der Waals surface area contributed by atoms with Gasteiger partial charge in [-0.25, -0.2) is 4.98 Å². The summed E-state index contributed by atoms with van der Waals surface area (Å²) in [7, 11) is 0. The van der Waals surface area contributed by atoms with Crippen LogP contribution < -0.4 is 5.32 Å². The van der Waals surface area contributed by atoms with Gasteiger partial charge in [0.2, 0.25) is 5.91 Å². The summed E-state index contributed by atoms with van der Waals surface area (Å²) in [5, 5.41) is 10.6. The zero-order chi connectivity index (χ0) is 16.9. The molecule has 6 heteroatoms. The number of H-pyrrole nitrogens is 1. The Morgan fingerprint density at radius 1 is 1.29 bits per heavy atom. The number of aromatic amines is 1. The van der Waals surface area contributed by atoms with Crippen LogP contribution in [-0.4, -0.2) is 25.5 Å². The van der Waals surface area contributed by atoms with Crippen LogP contribution in [0.5, 0.6) is 0 Å². The summed E-state index contributed by atoms with van der Waals surface area (Å²) in [5.74, 6) is -0.0434. The second-order valence-electron chi connectivity index (χ2n) is 7.36. The van der Waals surface area contributed by atoms with E-state index in [4.69, 9.17) is 4.98 Å². The molecular weight excluding hydrogens is 302 g/mol. The van der Waals surface area contributed by atoms with Gasteiger partial charge in [-0.15, -0.1) is 0 Å². The summed E-state index contributed by atoms with van der Waals surface area (Å²) in [5.41, 5.74) is 4.81. The molecule has 0 saturated heterocycles. The predicted molar refractivity (Wildman–Crippen MR) is 90.8 cm³/mol. The van der Waals surface area contributed by atoms with Gasteiger partial charge >= 0.3 is 0 Å². The van der Waals surface area contributed by atoms with Crippen molar-refractivity contribution in [2.75, 3.05) is 0 Å². The zero-order valence-corrected chi connectivity index (χ0v) is 14.1. The summed E-state index contributed by atoms with van der Waals surface area (Å²) in [6, 6.07) is 8.03. The summed E-state index contributed by atoms with van der Waals surface area (Å²) in [4.78, 5) is 16.9. The average molecular weight is 323 g/mol. The fourth-order valence-electron chi connectivity index (χ4n) is 3.26. The fraction of sp³-hybridized carbons (Fsp3) is 0.389. The zero-order valence-electron chi connectivity index (χ0n) is 14.1. The first-order chi connectivity index (χ1) is 11.4. The minimum Gasteiger partial charge on any atom is -0.350 e. The fourth-order valence-corrected chi connectivity index (χ4v) is 3.26. The predicted octanol–water partition coefficient (Wildman–Crippen LogP) is 2.51. The van der Waals surface area contributed by atoms with Crippen LogP contribution in [0.25, 0.3) is 5.65 Å². The Morgan fingerprint density at radius 3 is 2.88 bits per heavy atom. The monoisotopic (exact) mass is 323 g/mol. The highest BCUT2D eigenvalue weighted by molar-refractivity contribution is 5.78. The van der Waals surface area contributed by atoms with Crippen LogP contribution in [0.2, 0.25) is 0 Å². The minimum atomic E-state index is -0.0801. The number of rotatable bonds is 1. The van der Waals surface area contributed by atoms with E-state index in [2.05, 4.69) is 46.8 Å². The van der Waals surface area contributed by atoms with Crippen LogP contribution in [0, 0.1) is 0 Å². The second kappa shape index (κ2) is 5.19. The van der Waals surface area contributed by atoms with Gasteiger partial charge in [0.05, 0.1) is 29.5 Å². The smallest absolute Gasteiger partial charge is 0.221 e. The lowest BCUT2D eigenvalue weighted by Crippen LogP contribution is -2.21. The van der Waals surface area contributed by atoms with Crippen molar-refractivity contribution in [2.24, 2.45) is 0 Å². The van der Waals surface area contributed by atoms with Crippen molar-refractivity contribution >= 4 is 11.6 Å². The molecule has 24 heavy (non-hydrogen) atoms. The Hall–Kier alpha value is -2.63. The van der Waals surface area contributed by atoms with Crippen molar-refractivity contribution in [2.45, 2.75) is 45.1 Å². The summed E-state index contributed by atoms with van der Waals surface area (Å²) >= 11 is 0. The van der Waals surface area contributed by atoms with Crippen LogP contribution in [0.4, 0.5) is 0 Å². The summed E-state index contributed by atoms with van der Waals surface area (Å²) < 4.78 is 2.08. The summed E-state index contributed by atoms with van der Waals surface area (Å²) in [6.45, 7) is 6.86. The number of carbonyl (C=O) groups excluding carboxylic acids is 1. The van der Waals surface area contributed by atoms with E-state index in [-0.39, 0.29) is 17.2 Å². The standard InChI is InChI=1S/C18H21N5O/c1-18(2,3)14-9-12(21-22-14)11-8-16(24)19-10-13-17(11)23-7-5-4-6-15(23)20-13/h4-7,9,11H,8,10H2,1-3H3,(H,19,24)(H,21,22)/t11-/m0/s1. The van der Waals surface area contributed by atoms with Crippen LogP contribution in [-0.2, 0) is 16.8 Å². The van der Waals surface area contributed by atoms with Crippen LogP contribution in [0.15, 0.2) is 30.5 Å². The third-order valence-electron chi connectivity index (χ3n) is 4.56. The lowest BCUT2D eigenvalue weighted by atomic mass is 9.90. The maximum absolute atomic E-state index is 12.2. The molecule has 124 valence electrons. The number of amides is 1. The molecule has 0 fully saturated rings. The number of nitrogens with one attached hydrogen (secondary N) is 2. The molecule has 0 saturated carbocycles. The van der Waals surface area contributed by atoms with Gasteiger partial charge in [-0.3, -0.25) is 9.89 Å². The van der Waals surface area contributed by atoms with Gasteiger partial charge in [-0.1, -0.05) is 26.8 Å². The molecule has 3 aromatic heterocycles. The molecule has 1 amide bonds. The minimum absolute atomic E-state index is 0.0367. The Bertz CT molecular complexity index is 915. The number of aromatic nitrogens is 4. The van der Waals surface area contributed by atoms with Crippen LogP contribution in [0.3, 0.4) is 0 Å². The first kappa shape index (κ1) is 14.9. The van der Waals surface area contributed by atoms with E-state index in [1.165, 1.54) is 0 Å². The van der Waals surface area contributed by atoms with Gasteiger partial charge < -0.3 is 9.72 Å². The maximum Gasteiger partial charge on any atom is 0.221 e. The second-order valence-corrected chi connectivity index (χ2v) is 7.36. The van der Waals surface area contributed by atoms with Gasteiger partial charge in [0.1, 0.15) is 5.65 Å². The molecule has 3 aromatic rings. The third-order valence-corrected chi connectivity index (χ3v) is 4.56. The number of carbonyl (C=O) groups is 1. The number of fused-ring (bicyclic) bond motifs is 3. The Kier molecular flexibility index (Phi) is 3.23. The molecule has 4 rings (SSSR count). The topological polar surface area (TPSA) is 75.1 Å². The molecule has 2 N–H and O–H groups in total. The van der Waals surface area contributed by atoms with Crippen molar-refractivity contribution in [1.29, 1.82) is 0 Å². The van der Waals surface area contributed by atoms with E-state index in [0.29, 0.717) is 13.0 Å². The van der Waals surface area contributed by atoms with E-state index < -0.39 is 0 Å². The molecule has 0 unspecified atom stereocenters. The molecular formula is C18H21N5O. The molecule has 0 aromatic carbocycles. The number of hydrogen-bond acceptors (Lipinski definition) is 3. The number of nitrogens with zero attached hydrogens (tertiary/aromatic N) is 3. The van der Waals surface area contributed by atoms with Crippen LogP contribution >= 0.6 is 0 Å². The van der Waals surface area contributed by atoms with Gasteiger partial charge in [-0.2, -0.15) is 5.10 Å². The molecule has 1 atom stereocenters. The summed E-state index contributed by atoms with van der Waals surface area (Å²) in [6.07, 6.45) is 2.40. The highest BCUT2D eigenvalue weighted by Crippen LogP contribution is 2.33. The number of imidazole rings is 1. The molecule has 0 aliphatic carbocycles. The maximum atomic E-state index is 12.2. The van der Waals surface area contributed by atoms with Crippen molar-refractivity contribution in [1.82, 2.24) is 24.9 Å². The average Bonchev–Trinajstić information content (AvgIpc) is 3.12. The van der Waals surface area contributed by atoms with Crippen molar-refractivity contribution < 1.29 is 4.79 Å². The van der Waals surface area contributed by atoms with Crippen LogP contribution in [0.1, 0.15) is 55.9 Å². The Labute approximate surface area is 140 Å². The Balaban J connectivity index is 1.88. The van der Waals surface area contributed by atoms with Crippen molar-refractivity contribution in [3.8, 4) is 0 Å². The highest BCUT2D eigenvalue weighted by atomic mass is 16.1. The van der Waals surface area contributed by atoms with Crippen molar-refractivity contribution in [3.63, 3.8) is 0 Å². The first-order valence-corrected chi connectivity index (χ1v) is 8.22. The molecule has 0 radical (unpaired) electrons. The Morgan fingerprint density at radius 2 is 2.12 bits per heavy atom. The SMILES string of the molecule is CC(C)(C)c1cc([C@@H]2CC(=O)NCc3nc4ccccn4c32)[nH]n1. The number of pyridine rings is 1. The first-order valence-electron chi connectivity index (χ1n) is 8.22. The van der Waals surface area contributed by atoms with E-state index in [1.807, 2.05) is 24.4 Å². The molecule has 0 bridgehead atoms. The highest BCUT2D eigenvalue weighted by Gasteiger charge is 2.31. The van der Waals surface area contributed by atoms with Gasteiger partial charge in [0, 0.05) is 23.7 Å². The molecule has 1 aliphatic rings. The molecule has 4 heterocycles. The third kappa shape index (κ3) is 2.38. The normalized spacial score (nSPS) is 18.3. The quantitative estimate of drug-likeness (QED) is 0.722. The van der Waals surface area contributed by atoms with Gasteiger partial charge in [0.15, 0.2) is 0 Å². The van der Waals surface area contributed by atoms with E-state index in [1.54, 1.807) is 0 Å². The lowest BCUT2D eigenvalue weighted by Gasteiger charge is -2.15. The molecule has 1 aliphatic heterocycles. The van der Waals surface area contributed by atoms with Gasteiger partial charge in [0.25, 0.3) is 0 Å². The van der Waals surface area contributed by atoms with Gasteiger partial charge in [-0.05, 0) is 18.2 Å². The van der Waals surface area contributed by atoms with E-state index in [9.17, 15) is 4.79 Å². The lowest BCUT2D eigenvalue weighted by molar-refractivity contribution is -0.121. The molecule has 0 spiro atoms. The van der Waals surface area contributed by atoms with E-state index >= 15 is 0 Å². The largest absolute Gasteiger partial charge is 0.350 e. The van der Waals surface area contributed by atoms with E-state index in [0.717, 1.165) is 28.4 Å².